The zero-order chi connectivity index (χ0) is 14.1. The van der Waals surface area contributed by atoms with Gasteiger partial charge in [0.2, 0.25) is 0 Å². The van der Waals surface area contributed by atoms with Crippen LogP contribution in [0, 0.1) is 0 Å². The summed E-state index contributed by atoms with van der Waals surface area (Å²) >= 11 is 0. The molecular formula is C16H17N3O. The molecule has 1 aliphatic carbocycles. The largest absolute Gasteiger partial charge is 0.397 e. The summed E-state index contributed by atoms with van der Waals surface area (Å²) in [6.45, 7) is 0. The van der Waals surface area contributed by atoms with Crippen LogP contribution in [0.2, 0.25) is 0 Å². The molecule has 3 rings (SSSR count). The van der Waals surface area contributed by atoms with Gasteiger partial charge in [-0.1, -0.05) is 24.3 Å². The summed E-state index contributed by atoms with van der Waals surface area (Å²) in [5.41, 5.74) is 9.16. The second kappa shape index (κ2) is 4.96. The van der Waals surface area contributed by atoms with Crippen LogP contribution in [0.3, 0.4) is 0 Å². The van der Waals surface area contributed by atoms with E-state index in [2.05, 4.69) is 17.1 Å². The molecule has 0 spiro atoms. The van der Waals surface area contributed by atoms with Gasteiger partial charge in [-0.25, -0.2) is 4.98 Å². The van der Waals surface area contributed by atoms with Gasteiger partial charge in [0.25, 0.3) is 5.91 Å². The van der Waals surface area contributed by atoms with E-state index in [1.807, 2.05) is 19.2 Å². The number of aromatic nitrogens is 1. The highest BCUT2D eigenvalue weighted by atomic mass is 16.2. The molecule has 102 valence electrons. The van der Waals surface area contributed by atoms with Gasteiger partial charge in [0.1, 0.15) is 0 Å². The molecule has 4 heteroatoms. The van der Waals surface area contributed by atoms with E-state index in [4.69, 9.17) is 5.73 Å². The number of fused-ring (bicyclic) bond motifs is 1. The Bertz CT molecular complexity index is 654. The maximum Gasteiger partial charge on any atom is 0.274 e. The fourth-order valence-corrected chi connectivity index (χ4v) is 2.84. The topological polar surface area (TPSA) is 59.2 Å². The molecule has 1 aromatic carbocycles. The van der Waals surface area contributed by atoms with E-state index in [9.17, 15) is 4.79 Å². The Balaban J connectivity index is 1.89. The maximum absolute atomic E-state index is 12.5. The average molecular weight is 267 g/mol. The highest BCUT2D eigenvalue weighted by molar-refractivity contribution is 5.97. The van der Waals surface area contributed by atoms with E-state index < -0.39 is 0 Å². The zero-order valence-corrected chi connectivity index (χ0v) is 11.4. The lowest BCUT2D eigenvalue weighted by atomic mass is 10.1. The summed E-state index contributed by atoms with van der Waals surface area (Å²) < 4.78 is 0. The fourth-order valence-electron chi connectivity index (χ4n) is 2.84. The summed E-state index contributed by atoms with van der Waals surface area (Å²) in [5, 5.41) is 0. The zero-order valence-electron chi connectivity index (χ0n) is 11.4. The summed E-state index contributed by atoms with van der Waals surface area (Å²) in [7, 11) is 1.82. The third-order valence-electron chi connectivity index (χ3n) is 3.93. The number of carbonyl (C=O) groups excluding carboxylic acids is 1. The number of rotatable bonds is 2. The fraction of sp³-hybridized carbons (Fsp3) is 0.250. The Hall–Kier alpha value is -2.36. The molecule has 0 radical (unpaired) electrons. The quantitative estimate of drug-likeness (QED) is 0.909. The molecule has 0 saturated heterocycles. The van der Waals surface area contributed by atoms with Crippen LogP contribution in [-0.2, 0) is 6.42 Å². The number of amides is 1. The van der Waals surface area contributed by atoms with Crippen molar-refractivity contribution in [2.24, 2.45) is 0 Å². The summed E-state index contributed by atoms with van der Waals surface area (Å²) in [5.74, 6) is -0.121. The molecule has 4 nitrogen and oxygen atoms in total. The number of pyridine rings is 1. The smallest absolute Gasteiger partial charge is 0.274 e. The van der Waals surface area contributed by atoms with E-state index in [1.165, 1.54) is 11.1 Å². The minimum atomic E-state index is -0.121. The number of hydrogen-bond acceptors (Lipinski definition) is 3. The SMILES string of the molecule is CN(C(=O)c1ncccc1N)C1CCc2ccccc21. The number of carbonyl (C=O) groups is 1. The van der Waals surface area contributed by atoms with Gasteiger partial charge in [-0.2, -0.15) is 0 Å². The first-order chi connectivity index (χ1) is 9.68. The van der Waals surface area contributed by atoms with E-state index in [0.717, 1.165) is 12.8 Å². The molecule has 2 N–H and O–H groups in total. The Kier molecular flexibility index (Phi) is 3.14. The molecule has 1 heterocycles. The summed E-state index contributed by atoms with van der Waals surface area (Å²) in [6.07, 6.45) is 3.56. The van der Waals surface area contributed by atoms with Crippen molar-refractivity contribution in [3.05, 3.63) is 59.4 Å². The van der Waals surface area contributed by atoms with Crippen molar-refractivity contribution >= 4 is 11.6 Å². The van der Waals surface area contributed by atoms with Crippen LogP contribution < -0.4 is 5.73 Å². The Labute approximate surface area is 118 Å². The molecular weight excluding hydrogens is 250 g/mol. The molecule has 0 fully saturated rings. The Morgan fingerprint density at radius 3 is 2.90 bits per heavy atom. The molecule has 0 bridgehead atoms. The van der Waals surface area contributed by atoms with Crippen LogP contribution in [0.5, 0.6) is 0 Å². The molecule has 1 aromatic heterocycles. The van der Waals surface area contributed by atoms with Gasteiger partial charge < -0.3 is 10.6 Å². The lowest BCUT2D eigenvalue weighted by Crippen LogP contribution is -2.31. The Morgan fingerprint density at radius 1 is 1.30 bits per heavy atom. The number of nitrogen functional groups attached to an aromatic ring is 1. The normalized spacial score (nSPS) is 16.8. The summed E-state index contributed by atoms with van der Waals surface area (Å²) in [6, 6.07) is 11.8. The summed E-state index contributed by atoms with van der Waals surface area (Å²) in [4.78, 5) is 18.4. The number of benzene rings is 1. The van der Waals surface area contributed by atoms with Gasteiger partial charge >= 0.3 is 0 Å². The molecule has 1 aliphatic rings. The van der Waals surface area contributed by atoms with Crippen LogP contribution in [-0.4, -0.2) is 22.8 Å². The molecule has 0 saturated carbocycles. The van der Waals surface area contributed by atoms with Crippen molar-refractivity contribution in [3.8, 4) is 0 Å². The van der Waals surface area contributed by atoms with E-state index >= 15 is 0 Å². The molecule has 1 unspecified atom stereocenters. The third-order valence-corrected chi connectivity index (χ3v) is 3.93. The first-order valence-electron chi connectivity index (χ1n) is 6.74. The van der Waals surface area contributed by atoms with Gasteiger partial charge in [0.15, 0.2) is 5.69 Å². The molecule has 1 atom stereocenters. The highest BCUT2D eigenvalue weighted by Crippen LogP contribution is 2.35. The van der Waals surface area contributed by atoms with Gasteiger partial charge in [-0.3, -0.25) is 4.79 Å². The number of aryl methyl sites for hydroxylation is 1. The van der Waals surface area contributed by atoms with Gasteiger partial charge in [0, 0.05) is 13.2 Å². The monoisotopic (exact) mass is 267 g/mol. The van der Waals surface area contributed by atoms with Crippen LogP contribution in [0.4, 0.5) is 5.69 Å². The van der Waals surface area contributed by atoms with Crippen molar-refractivity contribution in [1.29, 1.82) is 0 Å². The number of nitrogens with zero attached hydrogens (tertiary/aromatic N) is 2. The van der Waals surface area contributed by atoms with Gasteiger partial charge in [-0.15, -0.1) is 0 Å². The van der Waals surface area contributed by atoms with Crippen LogP contribution >= 0.6 is 0 Å². The lowest BCUT2D eigenvalue weighted by Gasteiger charge is -2.25. The second-order valence-corrected chi connectivity index (χ2v) is 5.11. The highest BCUT2D eigenvalue weighted by Gasteiger charge is 2.29. The first kappa shape index (κ1) is 12.7. The predicted molar refractivity (Wildman–Crippen MR) is 78.2 cm³/mol. The van der Waals surface area contributed by atoms with Crippen molar-refractivity contribution in [2.75, 3.05) is 12.8 Å². The minimum absolute atomic E-state index is 0.111. The molecule has 2 aromatic rings. The van der Waals surface area contributed by atoms with Gasteiger partial charge in [0.05, 0.1) is 11.7 Å². The van der Waals surface area contributed by atoms with Crippen molar-refractivity contribution in [3.63, 3.8) is 0 Å². The van der Waals surface area contributed by atoms with E-state index in [-0.39, 0.29) is 11.9 Å². The molecule has 0 aliphatic heterocycles. The van der Waals surface area contributed by atoms with Crippen LogP contribution in [0.1, 0.15) is 34.1 Å². The predicted octanol–water partition coefficient (Wildman–Crippen LogP) is 2.42. The maximum atomic E-state index is 12.5. The molecule has 1 amide bonds. The second-order valence-electron chi connectivity index (χ2n) is 5.11. The van der Waals surface area contributed by atoms with Crippen LogP contribution in [0.15, 0.2) is 42.6 Å². The first-order valence-corrected chi connectivity index (χ1v) is 6.74. The Morgan fingerprint density at radius 2 is 2.10 bits per heavy atom. The minimum Gasteiger partial charge on any atom is -0.397 e. The number of hydrogen-bond donors (Lipinski definition) is 1. The van der Waals surface area contributed by atoms with Gasteiger partial charge in [-0.05, 0) is 36.1 Å². The van der Waals surface area contributed by atoms with E-state index in [1.54, 1.807) is 23.2 Å². The van der Waals surface area contributed by atoms with Crippen molar-refractivity contribution in [2.45, 2.75) is 18.9 Å². The van der Waals surface area contributed by atoms with Crippen molar-refractivity contribution in [1.82, 2.24) is 9.88 Å². The van der Waals surface area contributed by atoms with E-state index in [0.29, 0.717) is 11.4 Å². The number of nitrogens with two attached hydrogens (primary N) is 1. The van der Waals surface area contributed by atoms with Crippen LogP contribution in [0.25, 0.3) is 0 Å². The third kappa shape index (κ3) is 2.03. The standard InChI is InChI=1S/C16H17N3O/c1-19(16(20)15-13(17)7-4-10-18-15)14-9-8-11-5-2-3-6-12(11)14/h2-7,10,14H,8-9,17H2,1H3. The lowest BCUT2D eigenvalue weighted by molar-refractivity contribution is 0.0726. The average Bonchev–Trinajstić information content (AvgIpc) is 2.90. The molecule has 20 heavy (non-hydrogen) atoms. The number of anilines is 1. The van der Waals surface area contributed by atoms with Crippen molar-refractivity contribution < 1.29 is 4.79 Å².